The lowest BCUT2D eigenvalue weighted by Crippen LogP contribution is -2.37. The molecule has 0 spiro atoms. The summed E-state index contributed by atoms with van der Waals surface area (Å²) in [6.45, 7) is 6.10. The first-order valence-corrected chi connectivity index (χ1v) is 5.08. The molecular formula is C9H20N2O2. The highest BCUT2D eigenvalue weighted by Crippen LogP contribution is 2.07. The molecule has 78 valence electrons. The molecule has 0 aliphatic carbocycles. The normalized spacial score (nSPS) is 20.8. The van der Waals surface area contributed by atoms with E-state index >= 15 is 0 Å². The Morgan fingerprint density at radius 1 is 1.46 bits per heavy atom. The Morgan fingerprint density at radius 2 is 2.15 bits per heavy atom. The monoisotopic (exact) mass is 188 g/mol. The van der Waals surface area contributed by atoms with E-state index in [-0.39, 0.29) is 6.10 Å². The van der Waals surface area contributed by atoms with Gasteiger partial charge in [-0.05, 0) is 32.9 Å². The number of hydroxylamine groups is 1. The quantitative estimate of drug-likeness (QED) is 0.454. The van der Waals surface area contributed by atoms with Gasteiger partial charge < -0.3 is 14.8 Å². The van der Waals surface area contributed by atoms with E-state index in [0.717, 1.165) is 19.6 Å². The van der Waals surface area contributed by atoms with E-state index in [9.17, 15) is 5.11 Å². The van der Waals surface area contributed by atoms with Crippen molar-refractivity contribution in [2.24, 2.45) is 0 Å². The number of aliphatic hydroxyl groups is 1. The third-order valence-corrected chi connectivity index (χ3v) is 2.23. The van der Waals surface area contributed by atoms with E-state index in [2.05, 4.69) is 10.4 Å². The molecule has 1 aliphatic rings. The summed E-state index contributed by atoms with van der Waals surface area (Å²) in [5, 5.41) is 9.55. The lowest BCUT2D eigenvalue weighted by Gasteiger charge is -2.19. The molecule has 0 saturated carbocycles. The number of β-amino-alcohol motifs (C(OH)–C–C–N with tert-alkyl or cyclic N) is 1. The SMILES string of the molecule is CCONCC(O)CN1CCCC1. The molecule has 4 nitrogen and oxygen atoms in total. The van der Waals surface area contributed by atoms with E-state index in [1.807, 2.05) is 6.92 Å². The van der Waals surface area contributed by atoms with Crippen molar-refractivity contribution in [2.45, 2.75) is 25.9 Å². The van der Waals surface area contributed by atoms with Gasteiger partial charge in [0.1, 0.15) is 0 Å². The lowest BCUT2D eigenvalue weighted by molar-refractivity contribution is 0.0140. The zero-order valence-electron chi connectivity index (χ0n) is 8.33. The minimum absolute atomic E-state index is 0.315. The van der Waals surface area contributed by atoms with E-state index in [1.165, 1.54) is 12.8 Å². The Balaban J connectivity index is 1.99. The van der Waals surface area contributed by atoms with Crippen LogP contribution in [0.3, 0.4) is 0 Å². The summed E-state index contributed by atoms with van der Waals surface area (Å²) in [5.41, 5.74) is 2.73. The van der Waals surface area contributed by atoms with Gasteiger partial charge in [0.05, 0.1) is 12.7 Å². The molecule has 1 heterocycles. The fourth-order valence-electron chi connectivity index (χ4n) is 1.58. The first kappa shape index (κ1) is 10.9. The molecule has 1 unspecified atom stereocenters. The van der Waals surface area contributed by atoms with Gasteiger partial charge >= 0.3 is 0 Å². The molecule has 0 aromatic heterocycles. The molecule has 1 saturated heterocycles. The van der Waals surface area contributed by atoms with Gasteiger partial charge in [-0.25, -0.2) is 0 Å². The maximum atomic E-state index is 9.55. The highest BCUT2D eigenvalue weighted by atomic mass is 16.6. The fourth-order valence-corrected chi connectivity index (χ4v) is 1.58. The van der Waals surface area contributed by atoms with Crippen molar-refractivity contribution in [3.05, 3.63) is 0 Å². The van der Waals surface area contributed by atoms with Crippen LogP contribution in [0.1, 0.15) is 19.8 Å². The van der Waals surface area contributed by atoms with Gasteiger partial charge in [-0.1, -0.05) is 0 Å². The van der Waals surface area contributed by atoms with Crippen LogP contribution in [-0.4, -0.2) is 48.9 Å². The van der Waals surface area contributed by atoms with Crippen molar-refractivity contribution in [1.29, 1.82) is 0 Å². The molecule has 1 rings (SSSR count). The van der Waals surface area contributed by atoms with Gasteiger partial charge in [0.25, 0.3) is 0 Å². The Labute approximate surface area is 79.8 Å². The van der Waals surface area contributed by atoms with Crippen LogP contribution in [0.5, 0.6) is 0 Å². The third-order valence-electron chi connectivity index (χ3n) is 2.23. The summed E-state index contributed by atoms with van der Waals surface area (Å²) < 4.78 is 0. The predicted octanol–water partition coefficient (Wildman–Crippen LogP) is -0.0158. The summed E-state index contributed by atoms with van der Waals surface area (Å²) in [7, 11) is 0. The van der Waals surface area contributed by atoms with Gasteiger partial charge in [-0.2, -0.15) is 5.48 Å². The van der Waals surface area contributed by atoms with Crippen molar-refractivity contribution in [3.63, 3.8) is 0 Å². The average molecular weight is 188 g/mol. The molecule has 0 bridgehead atoms. The van der Waals surface area contributed by atoms with Gasteiger partial charge in [-0.15, -0.1) is 0 Å². The Hall–Kier alpha value is -0.160. The number of nitrogens with zero attached hydrogens (tertiary/aromatic N) is 1. The molecule has 13 heavy (non-hydrogen) atoms. The molecule has 2 N–H and O–H groups in total. The number of nitrogens with one attached hydrogen (secondary N) is 1. The second-order valence-corrected chi connectivity index (χ2v) is 3.44. The highest BCUT2D eigenvalue weighted by molar-refractivity contribution is 4.70. The first-order chi connectivity index (χ1) is 6.33. The van der Waals surface area contributed by atoms with Gasteiger partial charge in [0, 0.05) is 13.1 Å². The topological polar surface area (TPSA) is 44.7 Å². The van der Waals surface area contributed by atoms with Crippen molar-refractivity contribution in [1.82, 2.24) is 10.4 Å². The standard InChI is InChI=1S/C9H20N2O2/c1-2-13-10-7-9(12)8-11-5-3-4-6-11/h9-10,12H,2-8H2,1H3. The van der Waals surface area contributed by atoms with Crippen molar-refractivity contribution in [2.75, 3.05) is 32.8 Å². The highest BCUT2D eigenvalue weighted by Gasteiger charge is 2.15. The van der Waals surface area contributed by atoms with Crippen LogP contribution in [0.25, 0.3) is 0 Å². The van der Waals surface area contributed by atoms with Crippen LogP contribution in [0.15, 0.2) is 0 Å². The predicted molar refractivity (Wildman–Crippen MR) is 51.3 cm³/mol. The van der Waals surface area contributed by atoms with Gasteiger partial charge in [0.15, 0.2) is 0 Å². The van der Waals surface area contributed by atoms with Crippen molar-refractivity contribution in [3.8, 4) is 0 Å². The maximum absolute atomic E-state index is 9.55. The minimum atomic E-state index is -0.315. The van der Waals surface area contributed by atoms with Crippen molar-refractivity contribution >= 4 is 0 Å². The van der Waals surface area contributed by atoms with Crippen LogP contribution in [-0.2, 0) is 4.84 Å². The molecular weight excluding hydrogens is 168 g/mol. The van der Waals surface area contributed by atoms with E-state index < -0.39 is 0 Å². The number of likely N-dealkylation sites (tertiary alicyclic amines) is 1. The smallest absolute Gasteiger partial charge is 0.0814 e. The van der Waals surface area contributed by atoms with E-state index in [4.69, 9.17) is 4.84 Å². The molecule has 1 atom stereocenters. The fraction of sp³-hybridized carbons (Fsp3) is 1.00. The number of hydrogen-bond acceptors (Lipinski definition) is 4. The zero-order valence-corrected chi connectivity index (χ0v) is 8.33. The van der Waals surface area contributed by atoms with Gasteiger partial charge in [0.2, 0.25) is 0 Å². The van der Waals surface area contributed by atoms with E-state index in [1.54, 1.807) is 0 Å². The maximum Gasteiger partial charge on any atom is 0.0814 e. The number of rotatable bonds is 6. The van der Waals surface area contributed by atoms with Crippen LogP contribution in [0.4, 0.5) is 0 Å². The second-order valence-electron chi connectivity index (χ2n) is 3.44. The van der Waals surface area contributed by atoms with Crippen molar-refractivity contribution < 1.29 is 9.94 Å². The molecule has 0 aromatic carbocycles. The molecule has 1 aliphatic heterocycles. The molecule has 0 aromatic rings. The zero-order chi connectivity index (χ0) is 9.52. The Bertz CT molecular complexity index is 127. The minimum Gasteiger partial charge on any atom is -0.390 e. The molecule has 1 fully saturated rings. The average Bonchev–Trinajstić information content (AvgIpc) is 2.57. The number of hydrogen-bond donors (Lipinski definition) is 2. The first-order valence-electron chi connectivity index (χ1n) is 5.08. The molecule has 0 radical (unpaired) electrons. The second kappa shape index (κ2) is 6.32. The lowest BCUT2D eigenvalue weighted by atomic mass is 10.3. The summed E-state index contributed by atoms with van der Waals surface area (Å²) in [6, 6.07) is 0. The summed E-state index contributed by atoms with van der Waals surface area (Å²) in [4.78, 5) is 7.23. The van der Waals surface area contributed by atoms with Gasteiger partial charge in [-0.3, -0.25) is 0 Å². The summed E-state index contributed by atoms with van der Waals surface area (Å²) in [6.07, 6.45) is 2.22. The Kier molecular flexibility index (Phi) is 5.31. The van der Waals surface area contributed by atoms with Crippen LogP contribution >= 0.6 is 0 Å². The number of aliphatic hydroxyl groups excluding tert-OH is 1. The third kappa shape index (κ3) is 4.57. The summed E-state index contributed by atoms with van der Waals surface area (Å²) >= 11 is 0. The van der Waals surface area contributed by atoms with Crippen LogP contribution < -0.4 is 5.48 Å². The molecule has 0 amide bonds. The summed E-state index contributed by atoms with van der Waals surface area (Å²) in [5.74, 6) is 0. The van der Waals surface area contributed by atoms with Crippen LogP contribution in [0.2, 0.25) is 0 Å². The van der Waals surface area contributed by atoms with E-state index in [0.29, 0.717) is 13.2 Å². The van der Waals surface area contributed by atoms with Crippen LogP contribution in [0, 0.1) is 0 Å². The largest absolute Gasteiger partial charge is 0.390 e. The molecule has 4 heteroatoms. The Morgan fingerprint density at radius 3 is 2.77 bits per heavy atom.